The van der Waals surface area contributed by atoms with Gasteiger partial charge in [-0.1, -0.05) is 0 Å². The summed E-state index contributed by atoms with van der Waals surface area (Å²) in [6, 6.07) is 8.30. The van der Waals surface area contributed by atoms with Crippen LogP contribution in [0, 0.1) is 12.7 Å². The highest BCUT2D eigenvalue weighted by Gasteiger charge is 2.21. The maximum atomic E-state index is 13.1. The van der Waals surface area contributed by atoms with Crippen LogP contribution in [0.2, 0.25) is 0 Å². The number of piperazine rings is 1. The van der Waals surface area contributed by atoms with Crippen LogP contribution < -0.4 is 15.1 Å². The molecular formula is C19H24FN5O. The van der Waals surface area contributed by atoms with Crippen LogP contribution in [0.4, 0.5) is 16.0 Å². The molecule has 0 aliphatic carbocycles. The number of aryl methyl sites for hydroxylation is 1. The zero-order valence-corrected chi connectivity index (χ0v) is 15.4. The van der Waals surface area contributed by atoms with E-state index in [2.05, 4.69) is 25.1 Å². The fourth-order valence-corrected chi connectivity index (χ4v) is 2.96. The highest BCUT2D eigenvalue weighted by Crippen LogP contribution is 2.19. The Morgan fingerprint density at radius 2 is 1.69 bits per heavy atom. The molecule has 1 saturated heterocycles. The zero-order valence-electron chi connectivity index (χ0n) is 15.4. The molecule has 26 heavy (non-hydrogen) atoms. The number of rotatable bonds is 4. The van der Waals surface area contributed by atoms with Gasteiger partial charge in [0.15, 0.2) is 0 Å². The number of hydrogen-bond acceptors (Lipinski definition) is 5. The Bertz CT molecular complexity index is 770. The molecule has 138 valence electrons. The van der Waals surface area contributed by atoms with Crippen molar-refractivity contribution in [3.63, 3.8) is 0 Å². The summed E-state index contributed by atoms with van der Waals surface area (Å²) in [5.41, 5.74) is 2.17. The van der Waals surface area contributed by atoms with Gasteiger partial charge in [0.1, 0.15) is 11.5 Å². The summed E-state index contributed by atoms with van der Waals surface area (Å²) in [5.74, 6) is 0.169. The molecule has 1 aliphatic rings. The topological polar surface area (TPSA) is 61.4 Å². The fraction of sp³-hybridized carbons (Fsp3) is 0.421. The standard InChI is InChI=1S/C19H24FN5O/c1-13(2)21-18(26)17-12-14(3)22-19(23-17)25-10-8-24(9-11-25)16-6-4-15(20)5-7-16/h4-7,12-13H,8-11H2,1-3H3,(H,21,26). The first kappa shape index (κ1) is 18.1. The Morgan fingerprint density at radius 3 is 2.31 bits per heavy atom. The normalized spacial score (nSPS) is 14.7. The number of nitrogens with one attached hydrogen (secondary N) is 1. The second kappa shape index (κ2) is 7.68. The highest BCUT2D eigenvalue weighted by molar-refractivity contribution is 5.92. The van der Waals surface area contributed by atoms with E-state index in [9.17, 15) is 9.18 Å². The van der Waals surface area contributed by atoms with E-state index in [1.54, 1.807) is 18.2 Å². The van der Waals surface area contributed by atoms with Gasteiger partial charge in [-0.15, -0.1) is 0 Å². The van der Waals surface area contributed by atoms with Gasteiger partial charge < -0.3 is 15.1 Å². The van der Waals surface area contributed by atoms with E-state index >= 15 is 0 Å². The first-order valence-corrected chi connectivity index (χ1v) is 8.84. The average molecular weight is 357 g/mol. The summed E-state index contributed by atoms with van der Waals surface area (Å²) in [6.45, 7) is 8.76. The van der Waals surface area contributed by atoms with E-state index in [0.717, 1.165) is 37.6 Å². The number of nitrogens with zero attached hydrogens (tertiary/aromatic N) is 4. The number of carbonyl (C=O) groups is 1. The van der Waals surface area contributed by atoms with E-state index in [1.165, 1.54) is 12.1 Å². The third-order valence-electron chi connectivity index (χ3n) is 4.25. The summed E-state index contributed by atoms with van der Waals surface area (Å²) in [6.07, 6.45) is 0. The molecule has 0 saturated carbocycles. The zero-order chi connectivity index (χ0) is 18.7. The first-order valence-electron chi connectivity index (χ1n) is 8.84. The third-order valence-corrected chi connectivity index (χ3v) is 4.25. The molecule has 1 aromatic carbocycles. The van der Waals surface area contributed by atoms with Gasteiger partial charge in [0, 0.05) is 43.6 Å². The van der Waals surface area contributed by atoms with Gasteiger partial charge in [0.2, 0.25) is 5.95 Å². The van der Waals surface area contributed by atoms with Gasteiger partial charge in [-0.2, -0.15) is 0 Å². The van der Waals surface area contributed by atoms with Crippen molar-refractivity contribution in [1.82, 2.24) is 15.3 Å². The number of anilines is 2. The van der Waals surface area contributed by atoms with Crippen LogP contribution in [0.3, 0.4) is 0 Å². The van der Waals surface area contributed by atoms with Gasteiger partial charge in [-0.25, -0.2) is 14.4 Å². The Balaban J connectivity index is 1.70. The second-order valence-electron chi connectivity index (χ2n) is 6.77. The Morgan fingerprint density at radius 1 is 1.08 bits per heavy atom. The number of amides is 1. The Hall–Kier alpha value is -2.70. The number of aromatic nitrogens is 2. The van der Waals surface area contributed by atoms with Crippen LogP contribution in [0.25, 0.3) is 0 Å². The smallest absolute Gasteiger partial charge is 0.270 e. The van der Waals surface area contributed by atoms with Crippen LogP contribution in [0.5, 0.6) is 0 Å². The van der Waals surface area contributed by atoms with Gasteiger partial charge in [-0.3, -0.25) is 4.79 Å². The lowest BCUT2D eigenvalue weighted by Gasteiger charge is -2.36. The summed E-state index contributed by atoms with van der Waals surface area (Å²) in [7, 11) is 0. The Labute approximate surface area is 153 Å². The summed E-state index contributed by atoms with van der Waals surface area (Å²) >= 11 is 0. The van der Waals surface area contributed by atoms with Gasteiger partial charge in [0.25, 0.3) is 5.91 Å². The van der Waals surface area contributed by atoms with Crippen LogP contribution >= 0.6 is 0 Å². The summed E-state index contributed by atoms with van der Waals surface area (Å²) < 4.78 is 13.1. The van der Waals surface area contributed by atoms with Crippen LogP contribution in [-0.2, 0) is 0 Å². The minimum atomic E-state index is -0.229. The molecule has 0 spiro atoms. The molecule has 1 fully saturated rings. The predicted molar refractivity (Wildman–Crippen MR) is 100 cm³/mol. The second-order valence-corrected chi connectivity index (χ2v) is 6.77. The van der Waals surface area contributed by atoms with Crippen LogP contribution in [0.15, 0.2) is 30.3 Å². The van der Waals surface area contributed by atoms with Gasteiger partial charge in [-0.05, 0) is 51.1 Å². The molecule has 1 amide bonds. The molecule has 6 nitrogen and oxygen atoms in total. The minimum absolute atomic E-state index is 0.0560. The van der Waals surface area contributed by atoms with Crippen molar-refractivity contribution in [2.45, 2.75) is 26.8 Å². The van der Waals surface area contributed by atoms with E-state index in [4.69, 9.17) is 0 Å². The molecule has 1 aliphatic heterocycles. The molecular weight excluding hydrogens is 333 g/mol. The lowest BCUT2D eigenvalue weighted by Crippen LogP contribution is -2.47. The molecule has 3 rings (SSSR count). The van der Waals surface area contributed by atoms with E-state index < -0.39 is 0 Å². The highest BCUT2D eigenvalue weighted by atomic mass is 19.1. The summed E-state index contributed by atoms with van der Waals surface area (Å²) in [4.78, 5) is 25.5. The van der Waals surface area contributed by atoms with Crippen molar-refractivity contribution in [1.29, 1.82) is 0 Å². The average Bonchev–Trinajstić information content (AvgIpc) is 2.61. The van der Waals surface area contributed by atoms with Crippen molar-refractivity contribution in [3.05, 3.63) is 47.5 Å². The van der Waals surface area contributed by atoms with Crippen molar-refractivity contribution < 1.29 is 9.18 Å². The predicted octanol–water partition coefficient (Wildman–Crippen LogP) is 2.39. The van der Waals surface area contributed by atoms with Crippen molar-refractivity contribution in [2.24, 2.45) is 0 Å². The molecule has 2 aromatic rings. The van der Waals surface area contributed by atoms with E-state index in [0.29, 0.717) is 11.6 Å². The van der Waals surface area contributed by atoms with E-state index in [-0.39, 0.29) is 17.8 Å². The van der Waals surface area contributed by atoms with Gasteiger partial charge in [0.05, 0.1) is 0 Å². The number of halogens is 1. The molecule has 0 atom stereocenters. The Kier molecular flexibility index (Phi) is 5.35. The number of carbonyl (C=O) groups excluding carboxylic acids is 1. The quantitative estimate of drug-likeness (QED) is 0.910. The lowest BCUT2D eigenvalue weighted by molar-refractivity contribution is 0.0938. The molecule has 2 heterocycles. The molecule has 0 unspecified atom stereocenters. The van der Waals surface area contributed by atoms with Crippen LogP contribution in [-0.4, -0.2) is 48.1 Å². The number of hydrogen-bond donors (Lipinski definition) is 1. The SMILES string of the molecule is Cc1cc(C(=O)NC(C)C)nc(N2CCN(c3ccc(F)cc3)CC2)n1. The third kappa shape index (κ3) is 4.28. The lowest BCUT2D eigenvalue weighted by atomic mass is 10.2. The summed E-state index contributed by atoms with van der Waals surface area (Å²) in [5, 5.41) is 2.86. The molecule has 0 bridgehead atoms. The molecule has 7 heteroatoms. The van der Waals surface area contributed by atoms with Crippen LogP contribution in [0.1, 0.15) is 30.0 Å². The van der Waals surface area contributed by atoms with E-state index in [1.807, 2.05) is 20.8 Å². The van der Waals surface area contributed by atoms with Crippen molar-refractivity contribution in [2.75, 3.05) is 36.0 Å². The molecule has 1 aromatic heterocycles. The number of benzene rings is 1. The van der Waals surface area contributed by atoms with Crippen molar-refractivity contribution in [3.8, 4) is 0 Å². The minimum Gasteiger partial charge on any atom is -0.368 e. The fourth-order valence-electron chi connectivity index (χ4n) is 2.96. The maximum absolute atomic E-state index is 13.1. The van der Waals surface area contributed by atoms with Crippen molar-refractivity contribution >= 4 is 17.5 Å². The van der Waals surface area contributed by atoms with Gasteiger partial charge >= 0.3 is 0 Å². The maximum Gasteiger partial charge on any atom is 0.270 e. The molecule has 1 N–H and O–H groups in total. The largest absolute Gasteiger partial charge is 0.368 e. The first-order chi connectivity index (χ1) is 12.4. The molecule has 0 radical (unpaired) electrons. The monoisotopic (exact) mass is 357 g/mol.